The minimum absolute atomic E-state index is 0.0145. The molecule has 2 rings (SSSR count). The van der Waals surface area contributed by atoms with Crippen LogP contribution in [0.25, 0.3) is 0 Å². The van der Waals surface area contributed by atoms with Gasteiger partial charge in [0.05, 0.1) is 6.61 Å². The van der Waals surface area contributed by atoms with Crippen molar-refractivity contribution in [3.05, 3.63) is 32.6 Å². The van der Waals surface area contributed by atoms with Crippen molar-refractivity contribution in [3.63, 3.8) is 0 Å². The van der Waals surface area contributed by atoms with E-state index in [0.717, 1.165) is 6.20 Å². The lowest BCUT2D eigenvalue weighted by Crippen LogP contribution is -2.60. The summed E-state index contributed by atoms with van der Waals surface area (Å²) >= 11 is 0. The number of aliphatic hydroxyl groups is 5. The fraction of sp³-hybridized carbons (Fsp3) is 0.600. The van der Waals surface area contributed by atoms with Crippen LogP contribution < -0.4 is 11.2 Å². The van der Waals surface area contributed by atoms with Crippen molar-refractivity contribution in [2.24, 2.45) is 0 Å². The van der Waals surface area contributed by atoms with E-state index in [1.165, 1.54) is 6.92 Å². The van der Waals surface area contributed by atoms with E-state index in [-0.39, 0.29) is 5.56 Å². The molecule has 20 heavy (non-hydrogen) atoms. The first-order valence-corrected chi connectivity index (χ1v) is 5.62. The van der Waals surface area contributed by atoms with Crippen LogP contribution in [0.3, 0.4) is 0 Å². The van der Waals surface area contributed by atoms with E-state index in [0.29, 0.717) is 4.57 Å². The first kappa shape index (κ1) is 14.8. The number of nitrogens with one attached hydrogen (secondary N) is 1. The smallest absolute Gasteiger partial charge is 0.332 e. The number of aliphatic hydroxyl groups excluding tert-OH is 2. The van der Waals surface area contributed by atoms with E-state index in [9.17, 15) is 30.0 Å². The van der Waals surface area contributed by atoms with Crippen molar-refractivity contribution in [1.29, 1.82) is 0 Å². The van der Waals surface area contributed by atoms with Crippen molar-refractivity contribution >= 4 is 0 Å². The summed E-state index contributed by atoms with van der Waals surface area (Å²) in [5, 5.41) is 48.3. The Bertz CT molecular complexity index is 635. The normalized spacial score (nSPS) is 32.5. The Labute approximate surface area is 111 Å². The van der Waals surface area contributed by atoms with Crippen LogP contribution in [0.5, 0.6) is 0 Å². The number of rotatable bonds is 2. The molecule has 6 N–H and O–H groups in total. The zero-order valence-corrected chi connectivity index (χ0v) is 10.3. The molecule has 0 unspecified atom stereocenters. The molecule has 0 radical (unpaired) electrons. The van der Waals surface area contributed by atoms with Crippen LogP contribution in [0.1, 0.15) is 5.56 Å². The summed E-state index contributed by atoms with van der Waals surface area (Å²) in [7, 11) is 0. The lowest BCUT2D eigenvalue weighted by Gasteiger charge is -2.33. The van der Waals surface area contributed by atoms with E-state index in [1.54, 1.807) is 0 Å². The number of H-pyrrole nitrogens is 1. The monoisotopic (exact) mass is 290 g/mol. The molecule has 0 amide bonds. The molecule has 1 aliphatic heterocycles. The quantitative estimate of drug-likeness (QED) is 0.299. The highest BCUT2D eigenvalue weighted by Gasteiger charge is 2.66. The van der Waals surface area contributed by atoms with Gasteiger partial charge in [-0.1, -0.05) is 0 Å². The second kappa shape index (κ2) is 4.48. The first-order valence-electron chi connectivity index (χ1n) is 5.62. The van der Waals surface area contributed by atoms with E-state index in [2.05, 4.69) is 0 Å². The highest BCUT2D eigenvalue weighted by Crippen LogP contribution is 2.39. The second-order valence-corrected chi connectivity index (χ2v) is 4.56. The van der Waals surface area contributed by atoms with E-state index in [4.69, 9.17) is 9.84 Å². The number of hydrogen-bond acceptors (Lipinski definition) is 8. The van der Waals surface area contributed by atoms with Gasteiger partial charge in [0.15, 0.2) is 0 Å². The van der Waals surface area contributed by atoms with Crippen molar-refractivity contribution in [3.8, 4) is 0 Å². The standard InChI is InChI=1S/C10H14N2O8/c1-4-2-12(8(16)11-7(4)15)10(19)9(17,18)6(14)5(3-13)20-10/h2,5-6,13-14,17-19H,3H2,1H3,(H,11,15,16)/t5-,6-,10-/m1/s1. The summed E-state index contributed by atoms with van der Waals surface area (Å²) in [6.45, 7) is 0.479. The minimum Gasteiger partial charge on any atom is -0.394 e. The molecule has 3 atom stereocenters. The molecule has 1 aliphatic rings. The number of nitrogens with zero attached hydrogens (tertiary/aromatic N) is 1. The zero-order chi connectivity index (χ0) is 15.3. The molecule has 10 heteroatoms. The number of aryl methyl sites for hydroxylation is 1. The third kappa shape index (κ3) is 1.82. The Morgan fingerprint density at radius 3 is 2.50 bits per heavy atom. The first-order chi connectivity index (χ1) is 9.15. The van der Waals surface area contributed by atoms with Gasteiger partial charge >= 0.3 is 11.6 Å². The van der Waals surface area contributed by atoms with Crippen molar-refractivity contribution < 1.29 is 30.3 Å². The van der Waals surface area contributed by atoms with Crippen LogP contribution in [0.2, 0.25) is 0 Å². The predicted molar refractivity (Wildman–Crippen MR) is 61.4 cm³/mol. The highest BCUT2D eigenvalue weighted by atomic mass is 16.7. The highest BCUT2D eigenvalue weighted by molar-refractivity contribution is 5.06. The summed E-state index contributed by atoms with van der Waals surface area (Å²) in [6, 6.07) is 0. The maximum Gasteiger partial charge on any atom is 0.332 e. The molecule has 0 spiro atoms. The summed E-state index contributed by atoms with van der Waals surface area (Å²) < 4.78 is 5.11. The van der Waals surface area contributed by atoms with Gasteiger partial charge in [0.2, 0.25) is 0 Å². The van der Waals surface area contributed by atoms with Gasteiger partial charge < -0.3 is 30.3 Å². The molecule has 0 saturated carbocycles. The van der Waals surface area contributed by atoms with Crippen molar-refractivity contribution in [1.82, 2.24) is 9.55 Å². The van der Waals surface area contributed by atoms with Gasteiger partial charge in [-0.2, -0.15) is 0 Å². The third-order valence-corrected chi connectivity index (χ3v) is 3.19. The molecule has 0 aliphatic carbocycles. The number of hydrogen-bond donors (Lipinski definition) is 6. The maximum absolute atomic E-state index is 11.7. The van der Waals surface area contributed by atoms with Gasteiger partial charge in [-0.3, -0.25) is 9.78 Å². The fourth-order valence-electron chi connectivity index (χ4n) is 1.98. The summed E-state index contributed by atoms with van der Waals surface area (Å²) in [5.41, 5.74) is -1.92. The number of aromatic nitrogens is 2. The molecule has 1 saturated heterocycles. The lowest BCUT2D eigenvalue weighted by atomic mass is 10.1. The Morgan fingerprint density at radius 1 is 1.40 bits per heavy atom. The molecule has 0 aromatic carbocycles. The van der Waals surface area contributed by atoms with Crippen LogP contribution in [0.15, 0.2) is 15.8 Å². The largest absolute Gasteiger partial charge is 0.394 e. The lowest BCUT2D eigenvalue weighted by molar-refractivity contribution is -0.390. The van der Waals surface area contributed by atoms with Crippen LogP contribution in [-0.4, -0.2) is 59.7 Å². The average molecular weight is 290 g/mol. The molecule has 1 aromatic rings. The Hall–Kier alpha value is -1.56. The van der Waals surface area contributed by atoms with Crippen LogP contribution in [0.4, 0.5) is 0 Å². The van der Waals surface area contributed by atoms with E-state index >= 15 is 0 Å². The van der Waals surface area contributed by atoms with Crippen LogP contribution in [0, 0.1) is 6.92 Å². The van der Waals surface area contributed by atoms with E-state index in [1.807, 2.05) is 4.98 Å². The van der Waals surface area contributed by atoms with Crippen molar-refractivity contribution in [2.45, 2.75) is 30.8 Å². The van der Waals surface area contributed by atoms with Gasteiger partial charge in [0.25, 0.3) is 11.3 Å². The van der Waals surface area contributed by atoms with Gasteiger partial charge in [-0.25, -0.2) is 9.36 Å². The molecular formula is C10H14N2O8. The Morgan fingerprint density at radius 2 is 2.00 bits per heavy atom. The molecule has 112 valence electrons. The van der Waals surface area contributed by atoms with Gasteiger partial charge in [-0.05, 0) is 6.92 Å². The second-order valence-electron chi connectivity index (χ2n) is 4.56. The van der Waals surface area contributed by atoms with E-state index < -0.39 is 41.8 Å². The number of aromatic amines is 1. The van der Waals surface area contributed by atoms with Crippen LogP contribution in [-0.2, 0) is 10.6 Å². The summed E-state index contributed by atoms with van der Waals surface area (Å²) in [6.07, 6.45) is -2.76. The maximum atomic E-state index is 11.7. The molecule has 0 bridgehead atoms. The minimum atomic E-state index is -3.27. The van der Waals surface area contributed by atoms with Gasteiger partial charge in [0.1, 0.15) is 12.2 Å². The topological polar surface area (TPSA) is 165 Å². The average Bonchev–Trinajstić information content (AvgIpc) is 2.55. The zero-order valence-electron chi connectivity index (χ0n) is 10.3. The van der Waals surface area contributed by atoms with Crippen molar-refractivity contribution in [2.75, 3.05) is 6.61 Å². The number of ether oxygens (including phenoxy) is 1. The summed E-state index contributed by atoms with van der Waals surface area (Å²) in [4.78, 5) is 24.8. The molecular weight excluding hydrogens is 276 g/mol. The molecule has 1 aromatic heterocycles. The third-order valence-electron chi connectivity index (χ3n) is 3.19. The fourth-order valence-corrected chi connectivity index (χ4v) is 1.98. The Balaban J connectivity index is 2.65. The van der Waals surface area contributed by atoms with Gasteiger partial charge in [0, 0.05) is 11.8 Å². The van der Waals surface area contributed by atoms with Crippen LogP contribution >= 0.6 is 0 Å². The molecule has 2 heterocycles. The molecule has 10 nitrogen and oxygen atoms in total. The molecule has 1 fully saturated rings. The summed E-state index contributed by atoms with van der Waals surface area (Å²) in [5.74, 6) is -6.33. The van der Waals surface area contributed by atoms with Gasteiger partial charge in [-0.15, -0.1) is 0 Å². The Kier molecular flexibility index (Phi) is 3.32. The SMILES string of the molecule is Cc1cn([C@]2(O)O[C@H](CO)[C@@H](O)C2(O)O)c(=O)[nH]c1=O. The predicted octanol–water partition coefficient (Wildman–Crippen LogP) is -4.12.